The summed E-state index contributed by atoms with van der Waals surface area (Å²) in [6, 6.07) is 2.88. The molecule has 0 saturated heterocycles. The summed E-state index contributed by atoms with van der Waals surface area (Å²) in [5, 5.41) is 16.2. The average Bonchev–Trinajstić information content (AvgIpc) is 3.30. The van der Waals surface area contributed by atoms with Gasteiger partial charge in [-0.15, -0.1) is 10.2 Å². The molecular weight excluding hydrogens is 362 g/mol. The van der Waals surface area contributed by atoms with Crippen LogP contribution in [0.15, 0.2) is 17.6 Å². The van der Waals surface area contributed by atoms with Crippen LogP contribution < -0.4 is 5.32 Å². The number of nitrogens with one attached hydrogen (secondary N) is 1. The van der Waals surface area contributed by atoms with E-state index in [9.17, 15) is 4.79 Å². The Morgan fingerprint density at radius 1 is 1.30 bits per heavy atom. The minimum absolute atomic E-state index is 0.0159. The molecule has 0 unspecified atom stereocenters. The van der Waals surface area contributed by atoms with Crippen LogP contribution in [-0.4, -0.2) is 53.7 Å². The average molecular weight is 390 g/mol. The van der Waals surface area contributed by atoms with Crippen LogP contribution in [0.1, 0.15) is 43.5 Å². The number of thioether (sulfide) groups is 1. The van der Waals surface area contributed by atoms with Gasteiger partial charge in [0.1, 0.15) is 6.33 Å². The lowest BCUT2D eigenvalue weighted by Crippen LogP contribution is -2.42. The van der Waals surface area contributed by atoms with Gasteiger partial charge in [0.05, 0.1) is 30.2 Å². The van der Waals surface area contributed by atoms with E-state index in [1.807, 2.05) is 7.05 Å². The maximum absolute atomic E-state index is 12.1. The molecule has 8 nitrogen and oxygen atoms in total. The number of hydrogen-bond donors (Lipinski definition) is 1. The lowest BCUT2D eigenvalue weighted by Gasteiger charge is -2.36. The number of hydrogen-bond acceptors (Lipinski definition) is 6. The van der Waals surface area contributed by atoms with E-state index in [0.717, 1.165) is 36.5 Å². The van der Waals surface area contributed by atoms with Crippen LogP contribution in [0.4, 0.5) is 0 Å². The zero-order chi connectivity index (χ0) is 18.6. The van der Waals surface area contributed by atoms with Gasteiger partial charge in [-0.1, -0.05) is 31.0 Å². The molecule has 1 aliphatic carbocycles. The van der Waals surface area contributed by atoms with Crippen molar-refractivity contribution < 1.29 is 4.79 Å². The molecule has 2 aliphatic rings. The molecule has 4 rings (SSSR count). The molecule has 0 aromatic carbocycles. The fourth-order valence-electron chi connectivity index (χ4n) is 3.96. The summed E-state index contributed by atoms with van der Waals surface area (Å²) >= 11 is 1.39. The van der Waals surface area contributed by atoms with Crippen molar-refractivity contribution in [1.29, 1.82) is 0 Å². The zero-order valence-electron chi connectivity index (χ0n) is 15.8. The number of aryl methyl sites for hydroxylation is 1. The summed E-state index contributed by atoms with van der Waals surface area (Å²) in [5.74, 6) is 0.313. The Balaban J connectivity index is 1.26. The van der Waals surface area contributed by atoms with E-state index in [4.69, 9.17) is 0 Å². The van der Waals surface area contributed by atoms with Crippen LogP contribution in [0.5, 0.6) is 0 Å². The maximum Gasteiger partial charge on any atom is 0.230 e. The standard InChI is InChI=1S/C18H27N7OS/c1-23-13-20-21-18(23)27-12-17(26)19-10-14-9-16-11-24(7-8-25(16)22-14)15-5-3-2-4-6-15/h9,13,15H,2-8,10-12H2,1H3,(H,19,26). The molecule has 2 aromatic heterocycles. The third-order valence-electron chi connectivity index (χ3n) is 5.44. The maximum atomic E-state index is 12.1. The SMILES string of the molecule is Cn1cnnc1SCC(=O)NCc1cc2n(n1)CCN(C1CCCCC1)C2. The Morgan fingerprint density at radius 3 is 2.93 bits per heavy atom. The molecular formula is C18H27N7OS. The molecule has 0 atom stereocenters. The Hall–Kier alpha value is -1.87. The highest BCUT2D eigenvalue weighted by Gasteiger charge is 2.25. The van der Waals surface area contributed by atoms with Gasteiger partial charge in [0.25, 0.3) is 0 Å². The number of carbonyl (C=O) groups excluding carboxylic acids is 1. The van der Waals surface area contributed by atoms with E-state index in [0.29, 0.717) is 12.3 Å². The van der Waals surface area contributed by atoms with E-state index >= 15 is 0 Å². The molecule has 1 N–H and O–H groups in total. The number of aromatic nitrogens is 5. The first-order valence-corrected chi connectivity index (χ1v) is 10.7. The molecule has 1 amide bonds. The van der Waals surface area contributed by atoms with Gasteiger partial charge in [-0.3, -0.25) is 14.4 Å². The molecule has 1 saturated carbocycles. The topological polar surface area (TPSA) is 80.9 Å². The molecule has 0 radical (unpaired) electrons. The first kappa shape index (κ1) is 18.5. The van der Waals surface area contributed by atoms with Crippen LogP contribution in [0.25, 0.3) is 0 Å². The summed E-state index contributed by atoms with van der Waals surface area (Å²) < 4.78 is 3.91. The summed E-state index contributed by atoms with van der Waals surface area (Å²) in [6.45, 7) is 3.48. The van der Waals surface area contributed by atoms with Gasteiger partial charge in [-0.25, -0.2) is 0 Å². The van der Waals surface area contributed by atoms with Gasteiger partial charge in [0.2, 0.25) is 5.91 Å². The van der Waals surface area contributed by atoms with Gasteiger partial charge < -0.3 is 9.88 Å². The molecule has 1 aliphatic heterocycles. The van der Waals surface area contributed by atoms with E-state index in [-0.39, 0.29) is 5.91 Å². The Labute approximate surface area is 163 Å². The second-order valence-corrected chi connectivity index (χ2v) is 8.34. The van der Waals surface area contributed by atoms with Crippen LogP contribution in [0.2, 0.25) is 0 Å². The summed E-state index contributed by atoms with van der Waals surface area (Å²) in [7, 11) is 1.87. The molecule has 9 heteroatoms. The quantitative estimate of drug-likeness (QED) is 0.756. The fraction of sp³-hybridized carbons (Fsp3) is 0.667. The monoisotopic (exact) mass is 389 g/mol. The highest BCUT2D eigenvalue weighted by atomic mass is 32.2. The largest absolute Gasteiger partial charge is 0.350 e. The number of carbonyl (C=O) groups is 1. The van der Waals surface area contributed by atoms with Crippen molar-refractivity contribution in [1.82, 2.24) is 34.8 Å². The van der Waals surface area contributed by atoms with Crippen molar-refractivity contribution in [2.24, 2.45) is 7.05 Å². The molecule has 27 heavy (non-hydrogen) atoms. The molecule has 0 spiro atoms. The Bertz CT molecular complexity index is 781. The third kappa shape index (κ3) is 4.52. The normalized spacial score (nSPS) is 18.4. The second kappa shape index (κ2) is 8.43. The smallest absolute Gasteiger partial charge is 0.230 e. The molecule has 2 aromatic rings. The predicted octanol–water partition coefficient (Wildman–Crippen LogP) is 1.57. The molecule has 1 fully saturated rings. The van der Waals surface area contributed by atoms with Gasteiger partial charge in [-0.2, -0.15) is 5.10 Å². The van der Waals surface area contributed by atoms with Crippen molar-refractivity contribution in [3.05, 3.63) is 23.8 Å². The minimum atomic E-state index is -0.0159. The number of rotatable bonds is 6. The van der Waals surface area contributed by atoms with Crippen molar-refractivity contribution >= 4 is 17.7 Å². The van der Waals surface area contributed by atoms with E-state index in [1.165, 1.54) is 49.6 Å². The highest BCUT2D eigenvalue weighted by Crippen LogP contribution is 2.26. The predicted molar refractivity (Wildman–Crippen MR) is 103 cm³/mol. The first-order valence-electron chi connectivity index (χ1n) is 9.72. The zero-order valence-corrected chi connectivity index (χ0v) is 16.6. The summed E-state index contributed by atoms with van der Waals surface area (Å²) in [6.07, 6.45) is 8.42. The first-order chi connectivity index (χ1) is 13.2. The van der Waals surface area contributed by atoms with Crippen LogP contribution >= 0.6 is 11.8 Å². The van der Waals surface area contributed by atoms with Gasteiger partial charge >= 0.3 is 0 Å². The van der Waals surface area contributed by atoms with Gasteiger partial charge in [-0.05, 0) is 18.9 Å². The van der Waals surface area contributed by atoms with Crippen molar-refractivity contribution in [3.8, 4) is 0 Å². The van der Waals surface area contributed by atoms with Crippen LogP contribution in [0.3, 0.4) is 0 Å². The number of nitrogens with zero attached hydrogens (tertiary/aromatic N) is 6. The van der Waals surface area contributed by atoms with E-state index in [1.54, 1.807) is 10.9 Å². The van der Waals surface area contributed by atoms with Crippen molar-refractivity contribution in [3.63, 3.8) is 0 Å². The van der Waals surface area contributed by atoms with Gasteiger partial charge in [0, 0.05) is 26.2 Å². The number of amides is 1. The Kier molecular flexibility index (Phi) is 5.77. The lowest BCUT2D eigenvalue weighted by molar-refractivity contribution is -0.118. The summed E-state index contributed by atoms with van der Waals surface area (Å²) in [5.41, 5.74) is 2.21. The fourth-order valence-corrected chi connectivity index (χ4v) is 4.68. The van der Waals surface area contributed by atoms with Crippen LogP contribution in [-0.2, 0) is 31.5 Å². The highest BCUT2D eigenvalue weighted by molar-refractivity contribution is 7.99. The molecule has 146 valence electrons. The van der Waals surface area contributed by atoms with Crippen molar-refractivity contribution in [2.75, 3.05) is 12.3 Å². The third-order valence-corrected chi connectivity index (χ3v) is 6.47. The van der Waals surface area contributed by atoms with Crippen molar-refractivity contribution in [2.45, 2.75) is 62.9 Å². The minimum Gasteiger partial charge on any atom is -0.350 e. The lowest BCUT2D eigenvalue weighted by atomic mass is 9.94. The molecule has 0 bridgehead atoms. The Morgan fingerprint density at radius 2 is 2.15 bits per heavy atom. The second-order valence-electron chi connectivity index (χ2n) is 7.40. The van der Waals surface area contributed by atoms with Crippen LogP contribution in [0, 0.1) is 0 Å². The number of fused-ring (bicyclic) bond motifs is 1. The van der Waals surface area contributed by atoms with Gasteiger partial charge in [0.15, 0.2) is 5.16 Å². The van der Waals surface area contributed by atoms with E-state index < -0.39 is 0 Å². The summed E-state index contributed by atoms with van der Waals surface area (Å²) in [4.78, 5) is 14.7. The van der Waals surface area contributed by atoms with E-state index in [2.05, 4.69) is 36.3 Å². The molecule has 3 heterocycles.